The summed E-state index contributed by atoms with van der Waals surface area (Å²) >= 11 is 8.88. The highest BCUT2D eigenvalue weighted by Crippen LogP contribution is 1.78. The summed E-state index contributed by atoms with van der Waals surface area (Å²) in [4.78, 5) is 0. The molecular weight excluding hydrogens is 116 g/mol. The Balaban J connectivity index is 2.79. The van der Waals surface area contributed by atoms with Crippen LogP contribution in [0.25, 0.3) is 0 Å². The van der Waals surface area contributed by atoms with Gasteiger partial charge in [0.05, 0.1) is 0 Å². The van der Waals surface area contributed by atoms with E-state index in [4.69, 9.17) is 11.6 Å². The summed E-state index contributed by atoms with van der Waals surface area (Å²) < 4.78 is 0. The van der Waals surface area contributed by atoms with Crippen LogP contribution < -0.4 is 0 Å². The van der Waals surface area contributed by atoms with Crippen molar-refractivity contribution >= 4 is 24.2 Å². The standard InChI is InChI=1S/C4H5ClS/c5-3-1-2-4-6/h6H,2,4H2. The quantitative estimate of drug-likeness (QED) is 0.394. The fraction of sp³-hybridized carbons (Fsp3) is 0.500. The molecule has 6 heavy (non-hydrogen) atoms. The molecule has 0 aromatic carbocycles. The van der Waals surface area contributed by atoms with Gasteiger partial charge in [0, 0.05) is 17.6 Å². The maximum Gasteiger partial charge on any atom is 0.0190 e. The first-order valence-corrected chi connectivity index (χ1v) is 2.62. The van der Waals surface area contributed by atoms with Gasteiger partial charge < -0.3 is 0 Å². The lowest BCUT2D eigenvalue weighted by atomic mass is 10.5. The number of thiol groups is 1. The minimum Gasteiger partial charge on any atom is -0.178 e. The van der Waals surface area contributed by atoms with E-state index in [-0.39, 0.29) is 0 Å². The molecule has 0 spiro atoms. The molecule has 0 bridgehead atoms. The number of hydrogen-bond acceptors (Lipinski definition) is 1. The molecule has 0 N–H and O–H groups in total. The second kappa shape index (κ2) is 5.20. The van der Waals surface area contributed by atoms with Crippen molar-refractivity contribution in [3.8, 4) is 11.3 Å². The molecule has 0 unspecified atom stereocenters. The van der Waals surface area contributed by atoms with Crippen LogP contribution >= 0.6 is 24.2 Å². The van der Waals surface area contributed by atoms with Gasteiger partial charge in [0.15, 0.2) is 0 Å². The first-order valence-electron chi connectivity index (χ1n) is 1.61. The summed E-state index contributed by atoms with van der Waals surface area (Å²) in [6.07, 6.45) is 0.784. The molecule has 34 valence electrons. The van der Waals surface area contributed by atoms with Gasteiger partial charge in [-0.1, -0.05) is 5.92 Å². The molecule has 0 aliphatic heterocycles. The van der Waals surface area contributed by atoms with Crippen molar-refractivity contribution in [2.75, 3.05) is 5.75 Å². The molecule has 2 heteroatoms. The number of hydrogen-bond donors (Lipinski definition) is 1. The van der Waals surface area contributed by atoms with E-state index in [0.29, 0.717) is 0 Å². The zero-order chi connectivity index (χ0) is 4.83. The highest BCUT2D eigenvalue weighted by molar-refractivity contribution is 7.80. The van der Waals surface area contributed by atoms with E-state index in [9.17, 15) is 0 Å². The average molecular weight is 121 g/mol. The van der Waals surface area contributed by atoms with Gasteiger partial charge in [0.1, 0.15) is 0 Å². The van der Waals surface area contributed by atoms with E-state index >= 15 is 0 Å². The molecule has 0 aromatic heterocycles. The summed E-state index contributed by atoms with van der Waals surface area (Å²) in [5.74, 6) is 3.43. The Bertz CT molecular complexity index is 69.4. The van der Waals surface area contributed by atoms with Crippen molar-refractivity contribution in [3.05, 3.63) is 0 Å². The Morgan fingerprint density at radius 1 is 1.67 bits per heavy atom. The first kappa shape index (κ1) is 6.20. The smallest absolute Gasteiger partial charge is 0.0190 e. The van der Waals surface area contributed by atoms with E-state index in [0.717, 1.165) is 12.2 Å². The highest BCUT2D eigenvalue weighted by Gasteiger charge is 1.65. The predicted molar refractivity (Wildman–Crippen MR) is 32.1 cm³/mol. The van der Waals surface area contributed by atoms with Crippen LogP contribution in [0.15, 0.2) is 0 Å². The Labute approximate surface area is 48.3 Å². The lowest BCUT2D eigenvalue weighted by Crippen LogP contribution is -1.62. The lowest BCUT2D eigenvalue weighted by Gasteiger charge is -1.70. The summed E-state index contributed by atoms with van der Waals surface area (Å²) in [5.41, 5.74) is 0. The van der Waals surface area contributed by atoms with Gasteiger partial charge in [-0.3, -0.25) is 0 Å². The van der Waals surface area contributed by atoms with Crippen molar-refractivity contribution < 1.29 is 0 Å². The predicted octanol–water partition coefficient (Wildman–Crippen LogP) is 1.51. The minimum absolute atomic E-state index is 0.784. The summed E-state index contributed by atoms with van der Waals surface area (Å²) in [6, 6.07) is 0. The highest BCUT2D eigenvalue weighted by atomic mass is 35.5. The fourth-order valence-electron chi connectivity index (χ4n) is 0.103. The molecule has 0 atom stereocenters. The van der Waals surface area contributed by atoms with E-state index in [1.807, 2.05) is 0 Å². The molecule has 0 amide bonds. The van der Waals surface area contributed by atoms with E-state index < -0.39 is 0 Å². The Morgan fingerprint density at radius 2 is 2.33 bits per heavy atom. The maximum absolute atomic E-state index is 4.99. The second-order valence-corrected chi connectivity index (χ2v) is 1.38. The summed E-state index contributed by atoms with van der Waals surface area (Å²) in [6.45, 7) is 0. The van der Waals surface area contributed by atoms with Crippen molar-refractivity contribution in [1.82, 2.24) is 0 Å². The van der Waals surface area contributed by atoms with Gasteiger partial charge in [0.2, 0.25) is 0 Å². The second-order valence-electron chi connectivity index (χ2n) is 0.745. The number of halogens is 1. The third kappa shape index (κ3) is 4.20. The van der Waals surface area contributed by atoms with Gasteiger partial charge in [0.25, 0.3) is 0 Å². The van der Waals surface area contributed by atoms with Gasteiger partial charge >= 0.3 is 0 Å². The molecule has 0 rings (SSSR count). The molecule has 0 aliphatic carbocycles. The fourth-order valence-corrected chi connectivity index (χ4v) is 0.309. The maximum atomic E-state index is 4.99. The minimum atomic E-state index is 0.784. The molecule has 0 aromatic rings. The van der Waals surface area contributed by atoms with E-state index in [1.54, 1.807) is 0 Å². The lowest BCUT2D eigenvalue weighted by molar-refractivity contribution is 1.31. The molecule has 0 fully saturated rings. The normalized spacial score (nSPS) is 6.33. The zero-order valence-electron chi connectivity index (χ0n) is 3.24. The van der Waals surface area contributed by atoms with Gasteiger partial charge in [-0.25, -0.2) is 0 Å². The van der Waals surface area contributed by atoms with Crippen LogP contribution in [0.5, 0.6) is 0 Å². The molecule has 0 aliphatic rings. The molecular formula is C4H5ClS. The summed E-state index contributed by atoms with van der Waals surface area (Å²) in [7, 11) is 0. The van der Waals surface area contributed by atoms with Crippen LogP contribution in [0, 0.1) is 11.3 Å². The third-order valence-corrected chi connectivity index (χ3v) is 0.661. The monoisotopic (exact) mass is 120 g/mol. The van der Waals surface area contributed by atoms with E-state index in [1.165, 1.54) is 0 Å². The Kier molecular flexibility index (Phi) is 5.37. The van der Waals surface area contributed by atoms with Crippen LogP contribution in [0.4, 0.5) is 0 Å². The Morgan fingerprint density at radius 3 is 2.50 bits per heavy atom. The van der Waals surface area contributed by atoms with Crippen LogP contribution in [0.2, 0.25) is 0 Å². The van der Waals surface area contributed by atoms with E-state index in [2.05, 4.69) is 23.9 Å². The van der Waals surface area contributed by atoms with Crippen LogP contribution in [-0.2, 0) is 0 Å². The topological polar surface area (TPSA) is 0 Å². The van der Waals surface area contributed by atoms with Gasteiger partial charge in [-0.15, -0.1) is 0 Å². The molecule has 0 heterocycles. The van der Waals surface area contributed by atoms with Crippen molar-refractivity contribution in [2.45, 2.75) is 6.42 Å². The van der Waals surface area contributed by atoms with Crippen molar-refractivity contribution in [1.29, 1.82) is 0 Å². The van der Waals surface area contributed by atoms with Gasteiger partial charge in [-0.05, 0) is 11.6 Å². The van der Waals surface area contributed by atoms with Crippen LogP contribution in [0.1, 0.15) is 6.42 Å². The largest absolute Gasteiger partial charge is 0.178 e. The zero-order valence-corrected chi connectivity index (χ0v) is 4.89. The molecule has 0 radical (unpaired) electrons. The van der Waals surface area contributed by atoms with Crippen LogP contribution in [0.3, 0.4) is 0 Å². The third-order valence-electron chi connectivity index (χ3n) is 0.304. The Hall–Kier alpha value is 0.200. The summed E-state index contributed by atoms with van der Waals surface area (Å²) in [5, 5.41) is 2.24. The average Bonchev–Trinajstić information content (AvgIpc) is 1.61. The molecule has 0 nitrogen and oxygen atoms in total. The van der Waals surface area contributed by atoms with Gasteiger partial charge in [-0.2, -0.15) is 12.6 Å². The first-order chi connectivity index (χ1) is 2.91. The molecule has 0 saturated carbocycles. The number of rotatable bonds is 1. The molecule has 0 saturated heterocycles. The van der Waals surface area contributed by atoms with Crippen LogP contribution in [-0.4, -0.2) is 5.75 Å². The van der Waals surface area contributed by atoms with Crippen molar-refractivity contribution in [3.63, 3.8) is 0 Å². The SMILES string of the molecule is SCCC#CCl. The van der Waals surface area contributed by atoms with Crippen molar-refractivity contribution in [2.24, 2.45) is 0 Å².